The van der Waals surface area contributed by atoms with Gasteiger partial charge >= 0.3 is 5.97 Å². The van der Waals surface area contributed by atoms with Crippen LogP contribution in [-0.2, 0) is 19.1 Å². The van der Waals surface area contributed by atoms with Crippen molar-refractivity contribution in [2.24, 2.45) is 11.8 Å². The normalized spacial score (nSPS) is 17.6. The minimum Gasteiger partial charge on any atom is -0.464 e. The van der Waals surface area contributed by atoms with Crippen LogP contribution in [0, 0.1) is 11.8 Å². The van der Waals surface area contributed by atoms with Crippen LogP contribution in [0.2, 0.25) is 0 Å². The number of aliphatic hydroxyl groups is 1. The van der Waals surface area contributed by atoms with Crippen LogP contribution in [0.15, 0.2) is 0 Å². The highest BCUT2D eigenvalue weighted by atomic mass is 16.5. The van der Waals surface area contributed by atoms with E-state index in [1.807, 2.05) is 0 Å². The minimum absolute atomic E-state index is 0.0468. The van der Waals surface area contributed by atoms with Crippen LogP contribution in [-0.4, -0.2) is 42.0 Å². The molecule has 1 saturated carbocycles. The monoisotopic (exact) mass is 355 g/mol. The smallest absolute Gasteiger partial charge is 0.331 e. The van der Waals surface area contributed by atoms with E-state index in [0.29, 0.717) is 6.42 Å². The van der Waals surface area contributed by atoms with Gasteiger partial charge in [-0.25, -0.2) is 4.79 Å². The summed E-state index contributed by atoms with van der Waals surface area (Å²) in [5.74, 6) is -0.772. The molecule has 0 aromatic rings. The fraction of sp³-hybridized carbons (Fsp3) is 0.842. The quantitative estimate of drug-likeness (QED) is 0.555. The Kier molecular flexibility index (Phi) is 10.4. The van der Waals surface area contributed by atoms with Gasteiger partial charge in [-0.2, -0.15) is 0 Å². The molecular weight excluding hydrogens is 322 g/mol. The summed E-state index contributed by atoms with van der Waals surface area (Å²) in [5, 5.41) is 11.8. The molecule has 0 saturated heterocycles. The van der Waals surface area contributed by atoms with Gasteiger partial charge in [0.15, 0.2) is 6.04 Å². The van der Waals surface area contributed by atoms with Gasteiger partial charge in [0.05, 0.1) is 13.2 Å². The lowest BCUT2D eigenvalue weighted by atomic mass is 9.84. The molecule has 1 aliphatic rings. The fourth-order valence-corrected chi connectivity index (χ4v) is 3.51. The molecule has 2 N–H and O–H groups in total. The van der Waals surface area contributed by atoms with Crippen molar-refractivity contribution in [3.8, 4) is 0 Å². The fourth-order valence-electron chi connectivity index (χ4n) is 3.51. The second-order valence-corrected chi connectivity index (χ2v) is 7.03. The summed E-state index contributed by atoms with van der Waals surface area (Å²) in [6.07, 6.45) is 9.21. The lowest BCUT2D eigenvalue weighted by Gasteiger charge is -2.23. The highest BCUT2D eigenvalue weighted by Crippen LogP contribution is 2.28. The van der Waals surface area contributed by atoms with E-state index >= 15 is 0 Å². The van der Waals surface area contributed by atoms with Gasteiger partial charge in [0.25, 0.3) is 0 Å². The highest BCUT2D eigenvalue weighted by molar-refractivity contribution is 5.89. The van der Waals surface area contributed by atoms with Gasteiger partial charge in [-0.3, -0.25) is 4.79 Å². The van der Waals surface area contributed by atoms with Crippen molar-refractivity contribution < 1.29 is 24.2 Å². The van der Waals surface area contributed by atoms with Crippen molar-refractivity contribution >= 4 is 17.7 Å². The molecule has 144 valence electrons. The molecule has 6 nitrogen and oxygen atoms in total. The summed E-state index contributed by atoms with van der Waals surface area (Å²) < 4.78 is 4.84. The average Bonchev–Trinajstić information content (AvgIpc) is 2.59. The second kappa shape index (κ2) is 12.0. The molecule has 0 heterocycles. The lowest BCUT2D eigenvalue weighted by Crippen LogP contribution is -2.47. The van der Waals surface area contributed by atoms with E-state index in [1.54, 1.807) is 6.92 Å². The first-order valence-electron chi connectivity index (χ1n) is 9.55. The molecular formula is C19H33NO5. The molecule has 1 amide bonds. The molecule has 2 atom stereocenters. The zero-order chi connectivity index (χ0) is 18.7. The Labute approximate surface area is 150 Å². The molecule has 0 spiro atoms. The summed E-state index contributed by atoms with van der Waals surface area (Å²) >= 11 is 0. The van der Waals surface area contributed by atoms with Gasteiger partial charge in [0.1, 0.15) is 5.78 Å². The van der Waals surface area contributed by atoms with Crippen LogP contribution in [0.4, 0.5) is 0 Å². The Morgan fingerprint density at radius 3 is 2.44 bits per heavy atom. The first-order valence-corrected chi connectivity index (χ1v) is 9.55. The van der Waals surface area contributed by atoms with Crippen molar-refractivity contribution in [2.45, 2.75) is 77.7 Å². The SMILES string of the molecule is CCOC(=O)C(CO)NC(=O)C(CCCC1CCCCC1)CC(C)=O. The maximum atomic E-state index is 12.5. The molecule has 0 aromatic carbocycles. The molecule has 2 unspecified atom stereocenters. The second-order valence-electron chi connectivity index (χ2n) is 7.03. The molecule has 0 aromatic heterocycles. The van der Waals surface area contributed by atoms with E-state index in [1.165, 1.54) is 39.0 Å². The van der Waals surface area contributed by atoms with Gasteiger partial charge in [-0.05, 0) is 26.2 Å². The van der Waals surface area contributed by atoms with Gasteiger partial charge in [-0.1, -0.05) is 44.9 Å². The van der Waals surface area contributed by atoms with Crippen LogP contribution in [0.25, 0.3) is 0 Å². The molecule has 6 heteroatoms. The van der Waals surface area contributed by atoms with Crippen molar-refractivity contribution in [1.82, 2.24) is 5.32 Å². The third-order valence-electron chi connectivity index (χ3n) is 4.86. The number of nitrogens with one attached hydrogen (secondary N) is 1. The van der Waals surface area contributed by atoms with Crippen LogP contribution in [0.5, 0.6) is 0 Å². The molecule has 1 aliphatic carbocycles. The largest absolute Gasteiger partial charge is 0.464 e. The van der Waals surface area contributed by atoms with Crippen molar-refractivity contribution in [2.75, 3.05) is 13.2 Å². The Hall–Kier alpha value is -1.43. The van der Waals surface area contributed by atoms with Crippen molar-refractivity contribution in [3.63, 3.8) is 0 Å². The van der Waals surface area contributed by atoms with Gasteiger partial charge in [0, 0.05) is 12.3 Å². The van der Waals surface area contributed by atoms with Crippen molar-refractivity contribution in [1.29, 1.82) is 0 Å². The zero-order valence-electron chi connectivity index (χ0n) is 15.6. The number of ketones is 1. The Balaban J connectivity index is 2.52. The molecule has 0 aliphatic heterocycles. The van der Waals surface area contributed by atoms with Crippen LogP contribution in [0.1, 0.15) is 71.6 Å². The average molecular weight is 355 g/mol. The summed E-state index contributed by atoms with van der Waals surface area (Å²) in [4.78, 5) is 35.7. The molecule has 25 heavy (non-hydrogen) atoms. The lowest BCUT2D eigenvalue weighted by molar-refractivity contribution is -0.149. The highest BCUT2D eigenvalue weighted by Gasteiger charge is 2.27. The Morgan fingerprint density at radius 2 is 1.88 bits per heavy atom. The number of rotatable bonds is 11. The maximum Gasteiger partial charge on any atom is 0.331 e. The zero-order valence-corrected chi connectivity index (χ0v) is 15.6. The predicted molar refractivity (Wildman–Crippen MR) is 94.9 cm³/mol. The molecule has 0 bridgehead atoms. The number of carbonyl (C=O) groups excluding carboxylic acids is 3. The number of ether oxygens (including phenoxy) is 1. The number of Topliss-reactive ketones (excluding diaryl/α,β-unsaturated/α-hetero) is 1. The summed E-state index contributed by atoms with van der Waals surface area (Å²) in [7, 11) is 0. The Bertz CT molecular complexity index is 432. The van der Waals surface area contributed by atoms with Crippen LogP contribution < -0.4 is 5.32 Å². The molecule has 1 fully saturated rings. The van der Waals surface area contributed by atoms with Crippen LogP contribution >= 0.6 is 0 Å². The molecule has 1 rings (SSSR count). The van der Waals surface area contributed by atoms with E-state index in [-0.39, 0.29) is 24.7 Å². The van der Waals surface area contributed by atoms with Gasteiger partial charge < -0.3 is 20.0 Å². The number of esters is 1. The van der Waals surface area contributed by atoms with E-state index in [9.17, 15) is 19.5 Å². The molecule has 0 radical (unpaired) electrons. The number of hydrogen-bond donors (Lipinski definition) is 2. The Morgan fingerprint density at radius 1 is 1.20 bits per heavy atom. The number of hydrogen-bond acceptors (Lipinski definition) is 5. The maximum absolute atomic E-state index is 12.5. The topological polar surface area (TPSA) is 92.7 Å². The van der Waals surface area contributed by atoms with Crippen molar-refractivity contribution in [3.05, 3.63) is 0 Å². The van der Waals surface area contributed by atoms with E-state index in [2.05, 4.69) is 5.32 Å². The van der Waals surface area contributed by atoms with E-state index in [0.717, 1.165) is 18.8 Å². The van der Waals surface area contributed by atoms with Crippen LogP contribution in [0.3, 0.4) is 0 Å². The number of amides is 1. The van der Waals surface area contributed by atoms with Gasteiger partial charge in [-0.15, -0.1) is 0 Å². The summed E-state index contributed by atoms with van der Waals surface area (Å²) in [5.41, 5.74) is 0. The first-order chi connectivity index (χ1) is 12.0. The minimum atomic E-state index is -1.07. The third kappa shape index (κ3) is 8.47. The number of aliphatic hydroxyl groups excluding tert-OH is 1. The predicted octanol–water partition coefficient (Wildman–Crippen LogP) is 2.37. The first kappa shape index (κ1) is 21.6. The summed E-state index contributed by atoms with van der Waals surface area (Å²) in [6, 6.07) is -1.07. The van der Waals surface area contributed by atoms with Gasteiger partial charge in [0.2, 0.25) is 5.91 Å². The van der Waals surface area contributed by atoms with E-state index < -0.39 is 24.5 Å². The standard InChI is InChI=1S/C19H33NO5/c1-3-25-19(24)17(13-21)20-18(23)16(12-14(2)22)11-7-10-15-8-5-4-6-9-15/h15-17,21H,3-13H2,1-2H3,(H,20,23). The summed E-state index contributed by atoms with van der Waals surface area (Å²) in [6.45, 7) is 2.80. The third-order valence-corrected chi connectivity index (χ3v) is 4.86. The number of carbonyl (C=O) groups is 3. The van der Waals surface area contributed by atoms with E-state index in [4.69, 9.17) is 4.74 Å².